The summed E-state index contributed by atoms with van der Waals surface area (Å²) in [6, 6.07) is 13.7. The number of ether oxygens (including phenoxy) is 1. The minimum atomic E-state index is -0.986. The second-order valence-electron chi connectivity index (χ2n) is 5.22. The molecule has 8 nitrogen and oxygen atoms in total. The lowest BCUT2D eigenvalue weighted by atomic mass is 10.2. The number of hydrogen-bond donors (Lipinski definition) is 1. The molecule has 0 saturated carbocycles. The number of carboxylic acids is 1. The smallest absolute Gasteiger partial charge is 0.335 e. The van der Waals surface area contributed by atoms with Crippen LogP contribution in [0.5, 0.6) is 5.75 Å². The van der Waals surface area contributed by atoms with E-state index in [1.807, 2.05) is 30.5 Å². The first-order valence-corrected chi connectivity index (χ1v) is 7.42. The minimum Gasteiger partial charge on any atom is -0.484 e. The maximum Gasteiger partial charge on any atom is 0.335 e. The van der Waals surface area contributed by atoms with Crippen molar-refractivity contribution in [2.75, 3.05) is 0 Å². The molecule has 0 aliphatic carbocycles. The van der Waals surface area contributed by atoms with Crippen LogP contribution in [0.4, 0.5) is 0 Å². The highest BCUT2D eigenvalue weighted by Crippen LogP contribution is 2.19. The molecule has 4 rings (SSSR count). The van der Waals surface area contributed by atoms with Crippen molar-refractivity contribution in [2.24, 2.45) is 0 Å². The normalized spacial score (nSPS) is 10.9. The molecular formula is C17H12N4O4. The van der Waals surface area contributed by atoms with Gasteiger partial charge in [0.2, 0.25) is 0 Å². The molecule has 25 heavy (non-hydrogen) atoms. The summed E-state index contributed by atoms with van der Waals surface area (Å²) in [6.07, 6.45) is 1.83. The number of aromatic carboxylic acids is 1. The Morgan fingerprint density at radius 1 is 1.16 bits per heavy atom. The first-order valence-electron chi connectivity index (χ1n) is 7.42. The van der Waals surface area contributed by atoms with Gasteiger partial charge in [0.15, 0.2) is 12.3 Å². The minimum absolute atomic E-state index is 0.0762. The van der Waals surface area contributed by atoms with E-state index >= 15 is 0 Å². The molecular weight excluding hydrogens is 324 g/mol. The van der Waals surface area contributed by atoms with Gasteiger partial charge in [0.1, 0.15) is 5.75 Å². The fourth-order valence-electron chi connectivity index (χ4n) is 2.30. The van der Waals surface area contributed by atoms with Gasteiger partial charge in [0.05, 0.1) is 11.1 Å². The molecule has 0 radical (unpaired) electrons. The molecule has 3 heterocycles. The average Bonchev–Trinajstić information content (AvgIpc) is 3.26. The van der Waals surface area contributed by atoms with E-state index in [0.717, 1.165) is 5.52 Å². The average molecular weight is 336 g/mol. The van der Waals surface area contributed by atoms with Gasteiger partial charge in [0, 0.05) is 6.20 Å². The molecule has 0 unspecified atom stereocenters. The van der Waals surface area contributed by atoms with Crippen LogP contribution in [0.15, 0.2) is 59.1 Å². The summed E-state index contributed by atoms with van der Waals surface area (Å²) in [4.78, 5) is 10.8. The molecule has 0 aliphatic rings. The van der Waals surface area contributed by atoms with E-state index in [4.69, 9.17) is 14.3 Å². The summed E-state index contributed by atoms with van der Waals surface area (Å²) in [5, 5.41) is 21.1. The van der Waals surface area contributed by atoms with Crippen LogP contribution in [0.3, 0.4) is 0 Å². The van der Waals surface area contributed by atoms with Crippen molar-refractivity contribution in [2.45, 2.75) is 6.61 Å². The molecule has 8 heteroatoms. The third kappa shape index (κ3) is 3.05. The molecule has 0 amide bonds. The van der Waals surface area contributed by atoms with E-state index in [1.165, 1.54) is 12.1 Å². The molecule has 0 aliphatic heterocycles. The topological polar surface area (TPSA) is 103 Å². The zero-order valence-corrected chi connectivity index (χ0v) is 12.9. The Balaban J connectivity index is 1.46. The van der Waals surface area contributed by atoms with Gasteiger partial charge in [-0.2, -0.15) is 5.10 Å². The van der Waals surface area contributed by atoms with Gasteiger partial charge in [-0.15, -0.1) is 10.2 Å². The van der Waals surface area contributed by atoms with Gasteiger partial charge < -0.3 is 14.3 Å². The van der Waals surface area contributed by atoms with E-state index in [2.05, 4.69) is 15.3 Å². The van der Waals surface area contributed by atoms with E-state index < -0.39 is 5.97 Å². The van der Waals surface area contributed by atoms with Crippen molar-refractivity contribution < 1.29 is 19.1 Å². The summed E-state index contributed by atoms with van der Waals surface area (Å²) in [5.41, 5.74) is 1.70. The molecule has 1 N–H and O–H groups in total. The summed E-state index contributed by atoms with van der Waals surface area (Å²) >= 11 is 0. The highest BCUT2D eigenvalue weighted by Gasteiger charge is 2.13. The van der Waals surface area contributed by atoms with Crippen LogP contribution in [0.1, 0.15) is 16.2 Å². The predicted molar refractivity (Wildman–Crippen MR) is 86.2 cm³/mol. The Hall–Kier alpha value is -3.68. The number of nitrogens with zero attached hydrogens (tertiary/aromatic N) is 4. The van der Waals surface area contributed by atoms with Crippen molar-refractivity contribution >= 4 is 11.5 Å². The quantitative estimate of drug-likeness (QED) is 0.597. The van der Waals surface area contributed by atoms with E-state index in [9.17, 15) is 4.79 Å². The molecule has 3 aromatic heterocycles. The molecule has 1 aromatic carbocycles. The first kappa shape index (κ1) is 14.9. The van der Waals surface area contributed by atoms with E-state index in [-0.39, 0.29) is 12.2 Å². The Labute approximate surface area is 141 Å². The van der Waals surface area contributed by atoms with Crippen LogP contribution in [-0.4, -0.2) is 30.9 Å². The fraction of sp³-hybridized carbons (Fsp3) is 0.0588. The fourth-order valence-corrected chi connectivity index (χ4v) is 2.30. The van der Waals surface area contributed by atoms with Crippen molar-refractivity contribution in [3.05, 3.63) is 66.2 Å². The summed E-state index contributed by atoms with van der Waals surface area (Å²) in [6.45, 7) is 0.0762. The Bertz CT molecular complexity index is 1000. The van der Waals surface area contributed by atoms with Crippen molar-refractivity contribution in [1.29, 1.82) is 0 Å². The van der Waals surface area contributed by atoms with Gasteiger partial charge in [-0.05, 0) is 42.5 Å². The Kier molecular flexibility index (Phi) is 3.62. The molecule has 124 valence electrons. The second-order valence-corrected chi connectivity index (χ2v) is 5.22. The number of benzene rings is 1. The summed E-state index contributed by atoms with van der Waals surface area (Å²) < 4.78 is 12.8. The standard InChI is InChI=1S/C17H12N4O4/c22-17(23)11-4-6-13(7-5-11)24-10-15-18-19-16(25-15)14-9-12-3-1-2-8-21(12)20-14/h1-9H,10H2,(H,22,23). The molecule has 0 saturated heterocycles. The predicted octanol–water partition coefficient (Wildman–Crippen LogP) is 2.66. The largest absolute Gasteiger partial charge is 0.484 e. The van der Waals surface area contributed by atoms with Gasteiger partial charge in [0.25, 0.3) is 11.8 Å². The lowest BCUT2D eigenvalue weighted by Gasteiger charge is -2.03. The number of fused-ring (bicyclic) bond motifs is 1. The Morgan fingerprint density at radius 3 is 2.76 bits per heavy atom. The molecule has 0 spiro atoms. The zero-order valence-electron chi connectivity index (χ0n) is 12.9. The highest BCUT2D eigenvalue weighted by atomic mass is 16.5. The maximum atomic E-state index is 10.8. The van der Waals surface area contributed by atoms with E-state index in [1.54, 1.807) is 16.6 Å². The lowest BCUT2D eigenvalue weighted by molar-refractivity contribution is 0.0697. The van der Waals surface area contributed by atoms with Crippen LogP contribution in [-0.2, 0) is 6.61 Å². The lowest BCUT2D eigenvalue weighted by Crippen LogP contribution is -1.98. The van der Waals surface area contributed by atoms with Crippen molar-refractivity contribution in [3.63, 3.8) is 0 Å². The number of carboxylic acid groups (broad SMARTS) is 1. The SMILES string of the molecule is O=C(O)c1ccc(OCc2nnc(-c3cc4ccccn4n3)o2)cc1. The third-order valence-corrected chi connectivity index (χ3v) is 3.52. The number of rotatable bonds is 5. The van der Waals surface area contributed by atoms with Crippen LogP contribution in [0.2, 0.25) is 0 Å². The number of aromatic nitrogens is 4. The molecule has 0 bridgehead atoms. The second kappa shape index (κ2) is 6.08. The third-order valence-electron chi connectivity index (χ3n) is 3.52. The van der Waals surface area contributed by atoms with Crippen molar-refractivity contribution in [3.8, 4) is 17.3 Å². The first-order chi connectivity index (χ1) is 12.2. The van der Waals surface area contributed by atoms with Gasteiger partial charge in [-0.3, -0.25) is 0 Å². The molecule has 4 aromatic rings. The van der Waals surface area contributed by atoms with Crippen LogP contribution >= 0.6 is 0 Å². The highest BCUT2D eigenvalue weighted by molar-refractivity contribution is 5.87. The van der Waals surface area contributed by atoms with Crippen molar-refractivity contribution in [1.82, 2.24) is 19.8 Å². The number of carbonyl (C=O) groups is 1. The summed E-state index contributed by atoms with van der Waals surface area (Å²) in [7, 11) is 0. The molecule has 0 fully saturated rings. The maximum absolute atomic E-state index is 10.8. The van der Waals surface area contributed by atoms with Crippen LogP contribution in [0.25, 0.3) is 17.1 Å². The Morgan fingerprint density at radius 2 is 2.00 bits per heavy atom. The van der Waals surface area contributed by atoms with E-state index in [0.29, 0.717) is 23.2 Å². The van der Waals surface area contributed by atoms with Gasteiger partial charge in [-0.1, -0.05) is 6.07 Å². The molecule has 0 atom stereocenters. The summed E-state index contributed by atoms with van der Waals surface area (Å²) in [5.74, 6) is 0.135. The van der Waals surface area contributed by atoms with Gasteiger partial charge >= 0.3 is 5.97 Å². The monoisotopic (exact) mass is 336 g/mol. The zero-order chi connectivity index (χ0) is 17.2. The number of pyridine rings is 1. The van der Waals surface area contributed by atoms with Crippen LogP contribution in [0, 0.1) is 0 Å². The van der Waals surface area contributed by atoms with Gasteiger partial charge in [-0.25, -0.2) is 9.31 Å². The number of hydrogen-bond acceptors (Lipinski definition) is 6. The van der Waals surface area contributed by atoms with Crippen LogP contribution < -0.4 is 4.74 Å².